The molecule has 0 rings (SSSR count). The van der Waals surface area contributed by atoms with Gasteiger partial charge in [0.05, 0.1) is 0 Å². The molecule has 0 bridgehead atoms. The zero-order valence-corrected chi connectivity index (χ0v) is 6.73. The van der Waals surface area contributed by atoms with Crippen LogP contribution in [0, 0.1) is 0 Å². The molecule has 2 N–H and O–H groups in total. The summed E-state index contributed by atoms with van der Waals surface area (Å²) in [4.78, 5) is 21.9. The van der Waals surface area contributed by atoms with Crippen LogP contribution in [-0.4, -0.2) is 39.8 Å². The predicted molar refractivity (Wildman–Crippen MR) is 41.2 cm³/mol. The lowest BCUT2D eigenvalue weighted by Crippen LogP contribution is -2.44. The molecule has 68 valence electrons. The highest BCUT2D eigenvalue weighted by Gasteiger charge is 2.23. The van der Waals surface area contributed by atoms with Gasteiger partial charge in [-0.3, -0.25) is 4.79 Å². The van der Waals surface area contributed by atoms with Crippen molar-refractivity contribution in [1.29, 1.82) is 0 Å². The lowest BCUT2D eigenvalue weighted by atomic mass is 10.4. The largest absolute Gasteiger partial charge is 0.478 e. The van der Waals surface area contributed by atoms with E-state index in [1.807, 2.05) is 0 Å². The number of rotatable bonds is 4. The number of hydrogen-bond donors (Lipinski definition) is 2. The smallest absolute Gasteiger partial charge is 0.354 e. The number of hydrogen-bond acceptors (Lipinski definition) is 3. The normalized spacial score (nSPS) is 11.8. The third kappa shape index (κ3) is 2.35. The van der Waals surface area contributed by atoms with Gasteiger partial charge in [-0.15, -0.1) is 0 Å². The summed E-state index contributed by atoms with van der Waals surface area (Å²) in [6.45, 7) is 4.86. The predicted octanol–water partition coefficient (Wildman–Crippen LogP) is -0.576. The Morgan fingerprint density at radius 1 is 1.67 bits per heavy atom. The van der Waals surface area contributed by atoms with Crippen molar-refractivity contribution in [3.63, 3.8) is 0 Å². The molecule has 0 aromatic rings. The summed E-state index contributed by atoms with van der Waals surface area (Å²) in [7, 11) is 0. The fourth-order valence-corrected chi connectivity index (χ4v) is 0.700. The zero-order chi connectivity index (χ0) is 9.72. The molecule has 1 unspecified atom stereocenters. The van der Waals surface area contributed by atoms with Crippen LogP contribution in [0.5, 0.6) is 0 Å². The molecule has 0 saturated heterocycles. The van der Waals surface area contributed by atoms with Gasteiger partial charge < -0.3 is 15.1 Å². The highest BCUT2D eigenvalue weighted by molar-refractivity contribution is 5.90. The first-order valence-electron chi connectivity index (χ1n) is 3.38. The fraction of sp³-hybridized carbons (Fsp3) is 0.429. The fourth-order valence-electron chi connectivity index (χ4n) is 0.700. The average molecular weight is 173 g/mol. The average Bonchev–Trinajstić information content (AvgIpc) is 2.05. The number of carbonyl (C=O) groups excluding carboxylic acids is 1. The van der Waals surface area contributed by atoms with Crippen LogP contribution in [0.1, 0.15) is 6.92 Å². The number of carboxylic acids is 1. The van der Waals surface area contributed by atoms with Gasteiger partial charge in [-0.2, -0.15) is 0 Å². The quantitative estimate of drug-likeness (QED) is 0.440. The van der Waals surface area contributed by atoms with Gasteiger partial charge in [0, 0.05) is 6.54 Å². The zero-order valence-electron chi connectivity index (χ0n) is 6.73. The highest BCUT2D eigenvalue weighted by Crippen LogP contribution is 1.97. The minimum Gasteiger partial charge on any atom is -0.478 e. The second kappa shape index (κ2) is 4.50. The number of nitrogens with zero attached hydrogens (tertiary/aromatic N) is 1. The van der Waals surface area contributed by atoms with Crippen LogP contribution in [0.2, 0.25) is 0 Å². The third-order valence-corrected chi connectivity index (χ3v) is 1.31. The lowest BCUT2D eigenvalue weighted by molar-refractivity contribution is -0.163. The Morgan fingerprint density at radius 2 is 2.17 bits per heavy atom. The molecule has 5 nitrogen and oxygen atoms in total. The number of carboxylic acid groups (broad SMARTS) is 1. The molecule has 0 aliphatic carbocycles. The van der Waals surface area contributed by atoms with E-state index in [1.165, 1.54) is 0 Å². The third-order valence-electron chi connectivity index (χ3n) is 1.31. The summed E-state index contributed by atoms with van der Waals surface area (Å²) in [5.41, 5.74) is 0. The molecule has 0 radical (unpaired) electrons. The van der Waals surface area contributed by atoms with Gasteiger partial charge in [-0.25, -0.2) is 4.79 Å². The number of likely N-dealkylation sites (N-methyl/N-ethyl adjacent to an activating group) is 1. The summed E-state index contributed by atoms with van der Waals surface area (Å²) in [5, 5.41) is 17.3. The van der Waals surface area contributed by atoms with E-state index in [2.05, 4.69) is 6.58 Å². The Morgan fingerprint density at radius 3 is 2.42 bits per heavy atom. The van der Waals surface area contributed by atoms with Crippen molar-refractivity contribution in [2.24, 2.45) is 0 Å². The number of aliphatic hydroxyl groups excluding tert-OH is 1. The van der Waals surface area contributed by atoms with Gasteiger partial charge in [-0.05, 0) is 13.0 Å². The first-order valence-corrected chi connectivity index (χ1v) is 3.38. The van der Waals surface area contributed by atoms with Crippen molar-refractivity contribution in [3.8, 4) is 0 Å². The van der Waals surface area contributed by atoms with Crippen LogP contribution in [0.4, 0.5) is 0 Å². The van der Waals surface area contributed by atoms with Crippen molar-refractivity contribution < 1.29 is 19.8 Å². The van der Waals surface area contributed by atoms with Crippen LogP contribution in [0.15, 0.2) is 12.7 Å². The summed E-state index contributed by atoms with van der Waals surface area (Å²) in [6.07, 6.45) is -0.837. The topological polar surface area (TPSA) is 77.8 Å². The monoisotopic (exact) mass is 173 g/mol. The Labute approximate surface area is 69.9 Å². The lowest BCUT2D eigenvalue weighted by Gasteiger charge is -2.21. The minimum absolute atomic E-state index is 0.123. The molecular formula is C7H11NO4. The maximum Gasteiger partial charge on any atom is 0.354 e. The van der Waals surface area contributed by atoms with Crippen LogP contribution in [0.25, 0.3) is 0 Å². The van der Waals surface area contributed by atoms with E-state index in [-0.39, 0.29) is 6.54 Å². The first kappa shape index (κ1) is 10.6. The summed E-state index contributed by atoms with van der Waals surface area (Å²) in [6, 6.07) is 0. The summed E-state index contributed by atoms with van der Waals surface area (Å²) >= 11 is 0. The SMILES string of the molecule is C=CC(=O)N(CC)C(O)C(=O)O. The molecule has 0 aliphatic rings. The number of aliphatic hydroxyl groups is 1. The molecule has 0 saturated carbocycles. The maximum atomic E-state index is 10.9. The highest BCUT2D eigenvalue weighted by atomic mass is 16.4. The van der Waals surface area contributed by atoms with Crippen LogP contribution in [0.3, 0.4) is 0 Å². The van der Waals surface area contributed by atoms with Crippen LogP contribution >= 0.6 is 0 Å². The van der Waals surface area contributed by atoms with Gasteiger partial charge in [0.25, 0.3) is 0 Å². The van der Waals surface area contributed by atoms with Crippen molar-refractivity contribution in [2.45, 2.75) is 13.2 Å². The van der Waals surface area contributed by atoms with E-state index in [9.17, 15) is 9.59 Å². The molecule has 0 aromatic carbocycles. The molecule has 0 aliphatic heterocycles. The van der Waals surface area contributed by atoms with Gasteiger partial charge in [0.2, 0.25) is 12.1 Å². The van der Waals surface area contributed by atoms with Crippen LogP contribution in [-0.2, 0) is 9.59 Å². The van der Waals surface area contributed by atoms with Gasteiger partial charge in [0.15, 0.2) is 0 Å². The van der Waals surface area contributed by atoms with Gasteiger partial charge >= 0.3 is 5.97 Å². The van der Waals surface area contributed by atoms with Gasteiger partial charge in [0.1, 0.15) is 0 Å². The molecule has 1 amide bonds. The Balaban J connectivity index is 4.43. The molecule has 0 spiro atoms. The molecule has 1 atom stereocenters. The minimum atomic E-state index is -1.79. The second-order valence-corrected chi connectivity index (χ2v) is 2.04. The number of carbonyl (C=O) groups is 2. The van der Waals surface area contributed by atoms with E-state index in [1.54, 1.807) is 6.92 Å². The molecular weight excluding hydrogens is 162 g/mol. The summed E-state index contributed by atoms with van der Waals surface area (Å²) in [5.74, 6) is -2.06. The van der Waals surface area contributed by atoms with Gasteiger partial charge in [-0.1, -0.05) is 6.58 Å². The molecule has 12 heavy (non-hydrogen) atoms. The first-order chi connectivity index (χ1) is 5.54. The van der Waals surface area contributed by atoms with Crippen molar-refractivity contribution in [2.75, 3.05) is 6.54 Å². The van der Waals surface area contributed by atoms with E-state index >= 15 is 0 Å². The van der Waals surface area contributed by atoms with Crippen molar-refractivity contribution >= 4 is 11.9 Å². The Hall–Kier alpha value is -1.36. The van der Waals surface area contributed by atoms with E-state index < -0.39 is 18.1 Å². The number of amides is 1. The molecule has 0 heterocycles. The Kier molecular flexibility index (Phi) is 3.99. The standard InChI is InChI=1S/C7H11NO4/c1-3-5(9)8(4-2)6(10)7(11)12/h3,6,10H,1,4H2,2H3,(H,11,12). The molecule has 0 aromatic heterocycles. The maximum absolute atomic E-state index is 10.9. The molecule has 0 fully saturated rings. The van der Waals surface area contributed by atoms with E-state index in [0.717, 1.165) is 11.0 Å². The number of aliphatic carboxylic acids is 1. The summed E-state index contributed by atoms with van der Waals surface area (Å²) < 4.78 is 0. The van der Waals surface area contributed by atoms with Crippen LogP contribution < -0.4 is 0 Å². The molecule has 5 heteroatoms. The Bertz CT molecular complexity index is 202. The van der Waals surface area contributed by atoms with E-state index in [4.69, 9.17) is 10.2 Å². The second-order valence-electron chi connectivity index (χ2n) is 2.04. The van der Waals surface area contributed by atoms with Crippen molar-refractivity contribution in [3.05, 3.63) is 12.7 Å². The van der Waals surface area contributed by atoms with E-state index in [0.29, 0.717) is 0 Å². The van der Waals surface area contributed by atoms with Crippen molar-refractivity contribution in [1.82, 2.24) is 4.90 Å².